The first kappa shape index (κ1) is 20.8. The number of methoxy groups -OCH3 is 1. The molecule has 0 aliphatic heterocycles. The smallest absolute Gasteiger partial charge is 0.305 e. The van der Waals surface area contributed by atoms with Gasteiger partial charge in [-0.15, -0.1) is 0 Å². The summed E-state index contributed by atoms with van der Waals surface area (Å²) in [6, 6.07) is 15.3. The van der Waals surface area contributed by atoms with Crippen molar-refractivity contribution in [2.75, 3.05) is 7.11 Å². The standard InChI is InChI=1S/C25H28O4/c1-3-25(18-24(26)27,16-15-19-9-5-4-6-10-19)20-13-14-22(28-2)23(17-20)29-21-11-7-8-12-21/h4-6,9-10,13-14,17,21H,3,7-8,11-12,18H2,1-2H3,(H,26,27). The highest BCUT2D eigenvalue weighted by molar-refractivity contribution is 5.71. The maximum atomic E-state index is 11.7. The molecule has 0 saturated heterocycles. The van der Waals surface area contributed by atoms with Gasteiger partial charge in [-0.2, -0.15) is 0 Å². The second kappa shape index (κ2) is 9.52. The van der Waals surface area contributed by atoms with Crippen molar-refractivity contribution in [2.45, 2.75) is 57.0 Å². The lowest BCUT2D eigenvalue weighted by Gasteiger charge is -2.27. The van der Waals surface area contributed by atoms with E-state index in [1.165, 1.54) is 12.8 Å². The molecule has 0 amide bonds. The largest absolute Gasteiger partial charge is 0.493 e. The van der Waals surface area contributed by atoms with Gasteiger partial charge in [-0.1, -0.05) is 43.0 Å². The first-order valence-corrected chi connectivity index (χ1v) is 10.2. The molecule has 2 aromatic carbocycles. The molecule has 4 heteroatoms. The molecule has 1 atom stereocenters. The predicted molar refractivity (Wildman–Crippen MR) is 113 cm³/mol. The molecule has 2 aromatic rings. The van der Waals surface area contributed by atoms with Gasteiger partial charge in [-0.05, 0) is 61.9 Å². The third-order valence-electron chi connectivity index (χ3n) is 5.59. The van der Waals surface area contributed by atoms with Crippen LogP contribution >= 0.6 is 0 Å². The molecule has 0 radical (unpaired) electrons. The van der Waals surface area contributed by atoms with Crippen LogP contribution in [0, 0.1) is 11.8 Å². The Hall–Kier alpha value is -2.93. The average Bonchev–Trinajstić information content (AvgIpc) is 3.25. The SMILES string of the molecule is CCC(C#Cc1ccccc1)(CC(=O)O)c1ccc(OC)c(OC2CCCC2)c1. The quantitative estimate of drug-likeness (QED) is 0.659. The van der Waals surface area contributed by atoms with E-state index in [9.17, 15) is 9.90 Å². The highest BCUT2D eigenvalue weighted by Crippen LogP contribution is 2.39. The summed E-state index contributed by atoms with van der Waals surface area (Å²) in [5, 5.41) is 9.61. The highest BCUT2D eigenvalue weighted by Gasteiger charge is 2.33. The van der Waals surface area contributed by atoms with Gasteiger partial charge in [0.2, 0.25) is 0 Å². The van der Waals surface area contributed by atoms with E-state index in [1.54, 1.807) is 7.11 Å². The molecule has 4 nitrogen and oxygen atoms in total. The van der Waals surface area contributed by atoms with Crippen LogP contribution in [0.25, 0.3) is 0 Å². The Balaban J connectivity index is 2.02. The summed E-state index contributed by atoms with van der Waals surface area (Å²) in [5.74, 6) is 6.91. The molecule has 0 heterocycles. The van der Waals surface area contributed by atoms with Crippen molar-refractivity contribution in [1.82, 2.24) is 0 Å². The predicted octanol–water partition coefficient (Wildman–Crippen LogP) is 5.19. The molecule has 1 N–H and O–H groups in total. The van der Waals surface area contributed by atoms with Crippen molar-refractivity contribution in [3.05, 3.63) is 59.7 Å². The minimum atomic E-state index is -0.872. The molecule has 1 aliphatic rings. The topological polar surface area (TPSA) is 55.8 Å². The Bertz CT molecular complexity index is 888. The van der Waals surface area contributed by atoms with Gasteiger partial charge in [0.05, 0.1) is 25.0 Å². The molecule has 29 heavy (non-hydrogen) atoms. The van der Waals surface area contributed by atoms with Crippen LogP contribution < -0.4 is 9.47 Å². The Kier molecular flexibility index (Phi) is 6.82. The van der Waals surface area contributed by atoms with E-state index in [-0.39, 0.29) is 12.5 Å². The van der Waals surface area contributed by atoms with Gasteiger partial charge < -0.3 is 14.6 Å². The summed E-state index contributed by atoms with van der Waals surface area (Å²) in [7, 11) is 1.62. The number of hydrogen-bond donors (Lipinski definition) is 1. The van der Waals surface area contributed by atoms with Crippen molar-refractivity contribution < 1.29 is 19.4 Å². The number of ether oxygens (including phenoxy) is 2. The monoisotopic (exact) mass is 392 g/mol. The average molecular weight is 392 g/mol. The van der Waals surface area contributed by atoms with Crippen LogP contribution in [-0.2, 0) is 10.2 Å². The number of rotatable bonds is 7. The van der Waals surface area contributed by atoms with Crippen molar-refractivity contribution in [2.24, 2.45) is 0 Å². The van der Waals surface area contributed by atoms with E-state index in [0.29, 0.717) is 17.9 Å². The molecule has 1 aliphatic carbocycles. The van der Waals surface area contributed by atoms with Crippen LogP contribution in [0.2, 0.25) is 0 Å². The van der Waals surface area contributed by atoms with Gasteiger partial charge in [-0.25, -0.2) is 0 Å². The lowest BCUT2D eigenvalue weighted by molar-refractivity contribution is -0.138. The first-order chi connectivity index (χ1) is 14.1. The lowest BCUT2D eigenvalue weighted by Crippen LogP contribution is -2.27. The summed E-state index contributed by atoms with van der Waals surface area (Å²) < 4.78 is 11.7. The second-order valence-corrected chi connectivity index (χ2v) is 7.51. The van der Waals surface area contributed by atoms with Crippen molar-refractivity contribution in [1.29, 1.82) is 0 Å². The maximum Gasteiger partial charge on any atom is 0.305 e. The number of hydrogen-bond acceptors (Lipinski definition) is 3. The van der Waals surface area contributed by atoms with Gasteiger partial charge in [-0.3, -0.25) is 4.79 Å². The Morgan fingerprint density at radius 2 is 1.86 bits per heavy atom. The third-order valence-corrected chi connectivity index (χ3v) is 5.59. The fourth-order valence-electron chi connectivity index (χ4n) is 3.86. The van der Waals surface area contributed by atoms with Gasteiger partial charge >= 0.3 is 5.97 Å². The molecule has 3 rings (SSSR count). The molecule has 0 spiro atoms. The van der Waals surface area contributed by atoms with Crippen LogP contribution in [-0.4, -0.2) is 24.3 Å². The zero-order valence-electron chi connectivity index (χ0n) is 17.1. The Morgan fingerprint density at radius 3 is 2.48 bits per heavy atom. The number of carboxylic acids is 1. The van der Waals surface area contributed by atoms with E-state index in [0.717, 1.165) is 24.0 Å². The third kappa shape index (κ3) is 5.12. The van der Waals surface area contributed by atoms with E-state index >= 15 is 0 Å². The van der Waals surface area contributed by atoms with Crippen LogP contribution in [0.1, 0.15) is 56.6 Å². The molecule has 0 bridgehead atoms. The van der Waals surface area contributed by atoms with Gasteiger partial charge in [0, 0.05) is 5.56 Å². The van der Waals surface area contributed by atoms with Gasteiger partial charge in [0.1, 0.15) is 0 Å². The van der Waals surface area contributed by atoms with Crippen LogP contribution in [0.4, 0.5) is 0 Å². The van der Waals surface area contributed by atoms with E-state index < -0.39 is 11.4 Å². The molecule has 1 unspecified atom stereocenters. The lowest BCUT2D eigenvalue weighted by atomic mass is 9.75. The number of aliphatic carboxylic acids is 1. The fourth-order valence-corrected chi connectivity index (χ4v) is 3.86. The molecule has 152 valence electrons. The molecular formula is C25H28O4. The van der Waals surface area contributed by atoms with Crippen molar-refractivity contribution >= 4 is 5.97 Å². The Morgan fingerprint density at radius 1 is 1.14 bits per heavy atom. The van der Waals surface area contributed by atoms with Crippen LogP contribution in [0.15, 0.2) is 48.5 Å². The molecule has 1 fully saturated rings. The fraction of sp³-hybridized carbons (Fsp3) is 0.400. The molecule has 0 aromatic heterocycles. The number of benzene rings is 2. The minimum Gasteiger partial charge on any atom is -0.493 e. The maximum absolute atomic E-state index is 11.7. The summed E-state index contributed by atoms with van der Waals surface area (Å²) in [5.41, 5.74) is 0.910. The van der Waals surface area contributed by atoms with E-state index in [2.05, 4.69) is 11.8 Å². The number of carboxylic acid groups (broad SMARTS) is 1. The van der Waals surface area contributed by atoms with Gasteiger partial charge in [0.25, 0.3) is 0 Å². The summed E-state index contributed by atoms with van der Waals surface area (Å²) in [6.45, 7) is 1.98. The molecular weight excluding hydrogens is 364 g/mol. The van der Waals surface area contributed by atoms with Crippen LogP contribution in [0.5, 0.6) is 11.5 Å². The van der Waals surface area contributed by atoms with E-state index in [4.69, 9.17) is 9.47 Å². The molecule has 1 saturated carbocycles. The van der Waals surface area contributed by atoms with Crippen molar-refractivity contribution in [3.8, 4) is 23.3 Å². The minimum absolute atomic E-state index is 0.0709. The Labute approximate surface area is 172 Å². The first-order valence-electron chi connectivity index (χ1n) is 10.2. The van der Waals surface area contributed by atoms with Gasteiger partial charge in [0.15, 0.2) is 11.5 Å². The highest BCUT2D eigenvalue weighted by atomic mass is 16.5. The second-order valence-electron chi connectivity index (χ2n) is 7.51. The van der Waals surface area contributed by atoms with Crippen molar-refractivity contribution in [3.63, 3.8) is 0 Å². The number of carbonyl (C=O) groups is 1. The summed E-state index contributed by atoms with van der Waals surface area (Å²) in [4.78, 5) is 11.7. The van der Waals surface area contributed by atoms with Crippen LogP contribution in [0.3, 0.4) is 0 Å². The summed E-state index contributed by atoms with van der Waals surface area (Å²) >= 11 is 0. The zero-order chi connectivity index (χ0) is 20.7. The van der Waals surface area contributed by atoms with E-state index in [1.807, 2.05) is 55.5 Å². The summed E-state index contributed by atoms with van der Waals surface area (Å²) in [6.07, 6.45) is 5.11. The zero-order valence-corrected chi connectivity index (χ0v) is 17.1. The normalized spacial score (nSPS) is 15.8.